The molecule has 1 saturated carbocycles. The van der Waals surface area contributed by atoms with Gasteiger partial charge in [-0.3, -0.25) is 0 Å². The summed E-state index contributed by atoms with van der Waals surface area (Å²) in [7, 11) is -3.82. The molecule has 0 aliphatic heterocycles. The molecule has 0 bridgehead atoms. The van der Waals surface area contributed by atoms with Crippen molar-refractivity contribution in [2.24, 2.45) is 17.0 Å². The zero-order valence-electron chi connectivity index (χ0n) is 11.9. The second-order valence-electron chi connectivity index (χ2n) is 5.72. The number of nitrogen functional groups attached to an aromatic ring is 1. The lowest BCUT2D eigenvalue weighted by Crippen LogP contribution is -2.29. The fraction of sp³-hybridized carbons (Fsp3) is 0.571. The van der Waals surface area contributed by atoms with Crippen molar-refractivity contribution in [1.82, 2.24) is 0 Å². The summed E-state index contributed by atoms with van der Waals surface area (Å²) < 4.78 is 28.8. The van der Waals surface area contributed by atoms with Gasteiger partial charge >= 0.3 is 0 Å². The van der Waals surface area contributed by atoms with Crippen LogP contribution in [0, 0.1) is 11.8 Å². The highest BCUT2D eigenvalue weighted by atomic mass is 32.2. The Bertz CT molecular complexity index is 586. The van der Waals surface area contributed by atoms with Crippen LogP contribution in [0.4, 0.5) is 5.69 Å². The highest BCUT2D eigenvalue weighted by Gasteiger charge is 2.26. The number of para-hydroxylation sites is 1. The Labute approximate surface area is 120 Å². The third-order valence-corrected chi connectivity index (χ3v) is 5.15. The van der Waals surface area contributed by atoms with E-state index in [0.29, 0.717) is 17.6 Å². The molecule has 3 atom stereocenters. The molecule has 112 valence electrons. The number of sulfonamides is 1. The van der Waals surface area contributed by atoms with Gasteiger partial charge in [-0.05, 0) is 43.2 Å². The predicted molar refractivity (Wildman–Crippen MR) is 78.8 cm³/mol. The smallest absolute Gasteiger partial charge is 0.240 e. The van der Waals surface area contributed by atoms with Crippen molar-refractivity contribution in [3.05, 3.63) is 18.2 Å². The van der Waals surface area contributed by atoms with E-state index in [9.17, 15) is 8.42 Å². The van der Waals surface area contributed by atoms with E-state index in [1.165, 1.54) is 6.07 Å². The Morgan fingerprint density at radius 1 is 1.20 bits per heavy atom. The largest absolute Gasteiger partial charge is 0.488 e. The molecule has 4 N–H and O–H groups in total. The van der Waals surface area contributed by atoms with Crippen molar-refractivity contribution in [2.45, 2.75) is 44.1 Å². The van der Waals surface area contributed by atoms with Gasteiger partial charge < -0.3 is 10.5 Å². The number of benzene rings is 1. The monoisotopic (exact) mass is 298 g/mol. The summed E-state index contributed by atoms with van der Waals surface area (Å²) in [5.74, 6) is 1.70. The number of nitrogens with two attached hydrogens (primary N) is 2. The van der Waals surface area contributed by atoms with Crippen LogP contribution in [-0.2, 0) is 10.0 Å². The van der Waals surface area contributed by atoms with Crippen LogP contribution in [-0.4, -0.2) is 14.5 Å². The van der Waals surface area contributed by atoms with Crippen LogP contribution in [0.1, 0.15) is 33.1 Å². The van der Waals surface area contributed by atoms with Gasteiger partial charge in [0.05, 0.1) is 11.8 Å². The molecule has 1 fully saturated rings. The summed E-state index contributed by atoms with van der Waals surface area (Å²) >= 11 is 0. The highest BCUT2D eigenvalue weighted by molar-refractivity contribution is 7.89. The zero-order chi connectivity index (χ0) is 14.9. The van der Waals surface area contributed by atoms with Gasteiger partial charge in [0.2, 0.25) is 10.0 Å². The Balaban J connectivity index is 2.19. The standard InChI is InChI=1S/C14H22N2O3S/c1-9-6-7-11(8-10(9)2)19-12-4-3-5-13(14(12)15)20(16,17)18/h3-5,9-11H,6-8,15H2,1-2H3,(H2,16,17,18). The van der Waals surface area contributed by atoms with E-state index in [4.69, 9.17) is 15.6 Å². The normalized spacial score (nSPS) is 27.2. The average molecular weight is 298 g/mol. The number of anilines is 1. The molecule has 0 radical (unpaired) electrons. The van der Waals surface area contributed by atoms with Gasteiger partial charge in [0.15, 0.2) is 0 Å². The summed E-state index contributed by atoms with van der Waals surface area (Å²) in [4.78, 5) is -0.0766. The lowest BCUT2D eigenvalue weighted by molar-refractivity contribution is 0.101. The third-order valence-electron chi connectivity index (χ3n) is 4.18. The van der Waals surface area contributed by atoms with E-state index in [1.54, 1.807) is 12.1 Å². The number of hydrogen-bond acceptors (Lipinski definition) is 4. The minimum Gasteiger partial charge on any atom is -0.488 e. The predicted octanol–water partition coefficient (Wildman–Crippen LogP) is 2.12. The third kappa shape index (κ3) is 3.24. The Kier molecular flexibility index (Phi) is 4.25. The summed E-state index contributed by atoms with van der Waals surface area (Å²) in [5.41, 5.74) is 5.96. The molecular weight excluding hydrogens is 276 g/mol. The van der Waals surface area contributed by atoms with Gasteiger partial charge in [0.25, 0.3) is 0 Å². The number of rotatable bonds is 3. The number of hydrogen-bond donors (Lipinski definition) is 2. The molecule has 5 nitrogen and oxygen atoms in total. The minimum absolute atomic E-state index is 0.0766. The Morgan fingerprint density at radius 2 is 1.90 bits per heavy atom. The molecule has 1 aliphatic carbocycles. The molecule has 1 aliphatic rings. The average Bonchev–Trinajstić information content (AvgIpc) is 2.35. The summed E-state index contributed by atoms with van der Waals surface area (Å²) in [5, 5.41) is 5.14. The maximum absolute atomic E-state index is 11.4. The van der Waals surface area contributed by atoms with Gasteiger partial charge in [0, 0.05) is 0 Å². The fourth-order valence-corrected chi connectivity index (χ4v) is 3.33. The van der Waals surface area contributed by atoms with Crippen LogP contribution < -0.4 is 15.6 Å². The number of ether oxygens (including phenoxy) is 1. The first-order valence-corrected chi connectivity index (χ1v) is 8.41. The molecule has 0 aromatic heterocycles. The van der Waals surface area contributed by atoms with Crippen LogP contribution in [0.25, 0.3) is 0 Å². The SMILES string of the molecule is CC1CCC(Oc2cccc(S(N)(=O)=O)c2N)CC1C. The van der Waals surface area contributed by atoms with Crippen LogP contribution in [0.5, 0.6) is 5.75 Å². The summed E-state index contributed by atoms with van der Waals surface area (Å²) in [6.45, 7) is 4.46. The molecular formula is C14H22N2O3S. The van der Waals surface area contributed by atoms with E-state index in [-0.39, 0.29) is 16.7 Å². The minimum atomic E-state index is -3.82. The maximum Gasteiger partial charge on any atom is 0.240 e. The van der Waals surface area contributed by atoms with Gasteiger partial charge in [-0.2, -0.15) is 0 Å². The molecule has 1 aromatic carbocycles. The molecule has 20 heavy (non-hydrogen) atoms. The van der Waals surface area contributed by atoms with Gasteiger partial charge in [-0.25, -0.2) is 13.6 Å². The van der Waals surface area contributed by atoms with Crippen molar-refractivity contribution in [2.75, 3.05) is 5.73 Å². The molecule has 0 amide bonds. The Morgan fingerprint density at radius 3 is 2.50 bits per heavy atom. The van der Waals surface area contributed by atoms with Crippen molar-refractivity contribution >= 4 is 15.7 Å². The van der Waals surface area contributed by atoms with Crippen molar-refractivity contribution in [3.8, 4) is 5.75 Å². The molecule has 1 aromatic rings. The second kappa shape index (κ2) is 5.61. The van der Waals surface area contributed by atoms with Crippen molar-refractivity contribution < 1.29 is 13.2 Å². The lowest BCUT2D eigenvalue weighted by Gasteiger charge is -2.32. The lowest BCUT2D eigenvalue weighted by atomic mass is 9.80. The summed E-state index contributed by atoms with van der Waals surface area (Å²) in [6, 6.07) is 4.68. The topological polar surface area (TPSA) is 95.4 Å². The van der Waals surface area contributed by atoms with E-state index in [1.807, 2.05) is 0 Å². The number of primary sulfonamides is 1. The molecule has 2 rings (SSSR count). The van der Waals surface area contributed by atoms with Crippen LogP contribution in [0.3, 0.4) is 0 Å². The maximum atomic E-state index is 11.4. The quantitative estimate of drug-likeness (QED) is 0.835. The highest BCUT2D eigenvalue weighted by Crippen LogP contribution is 2.34. The first-order chi connectivity index (χ1) is 9.29. The first-order valence-electron chi connectivity index (χ1n) is 6.87. The van der Waals surface area contributed by atoms with E-state index >= 15 is 0 Å². The molecule has 0 saturated heterocycles. The van der Waals surface area contributed by atoms with Gasteiger partial charge in [-0.15, -0.1) is 0 Å². The Hall–Kier alpha value is -1.27. The molecule has 0 spiro atoms. The van der Waals surface area contributed by atoms with Crippen LogP contribution in [0.15, 0.2) is 23.1 Å². The van der Waals surface area contributed by atoms with Gasteiger partial charge in [0.1, 0.15) is 10.6 Å². The van der Waals surface area contributed by atoms with Gasteiger partial charge in [-0.1, -0.05) is 19.9 Å². The van der Waals surface area contributed by atoms with E-state index in [0.717, 1.165) is 19.3 Å². The molecule has 6 heteroatoms. The van der Waals surface area contributed by atoms with Crippen LogP contribution >= 0.6 is 0 Å². The molecule has 0 heterocycles. The van der Waals surface area contributed by atoms with Crippen LogP contribution in [0.2, 0.25) is 0 Å². The van der Waals surface area contributed by atoms with Crippen molar-refractivity contribution in [1.29, 1.82) is 0 Å². The molecule has 3 unspecified atom stereocenters. The first kappa shape index (κ1) is 15.1. The van der Waals surface area contributed by atoms with E-state index < -0.39 is 10.0 Å². The second-order valence-corrected chi connectivity index (χ2v) is 7.25. The summed E-state index contributed by atoms with van der Waals surface area (Å²) in [6.07, 6.45) is 3.12. The zero-order valence-corrected chi connectivity index (χ0v) is 12.7. The van der Waals surface area contributed by atoms with Crippen molar-refractivity contribution in [3.63, 3.8) is 0 Å². The fourth-order valence-electron chi connectivity index (χ4n) is 2.66. The van der Waals surface area contributed by atoms with E-state index in [2.05, 4.69) is 13.8 Å².